The number of sulfonamides is 1. The number of halogens is 1. The van der Waals surface area contributed by atoms with Gasteiger partial charge in [-0.25, -0.2) is 17.6 Å². The molecule has 0 bridgehead atoms. The van der Waals surface area contributed by atoms with Crippen LogP contribution in [0.25, 0.3) is 11.0 Å². The number of fused-ring (bicyclic) bond motifs is 1. The smallest absolute Gasteiger partial charge is 0.326 e. The second-order valence-electron chi connectivity index (χ2n) is 8.98. The van der Waals surface area contributed by atoms with Crippen molar-refractivity contribution in [2.24, 2.45) is 5.92 Å². The molecule has 2 aliphatic rings. The highest BCUT2D eigenvalue weighted by molar-refractivity contribution is 7.89. The van der Waals surface area contributed by atoms with Crippen LogP contribution >= 0.6 is 0 Å². The van der Waals surface area contributed by atoms with Crippen molar-refractivity contribution in [3.8, 4) is 0 Å². The van der Waals surface area contributed by atoms with E-state index >= 15 is 0 Å². The molecule has 1 N–H and O–H groups in total. The molecule has 8 nitrogen and oxygen atoms in total. The third-order valence-electron chi connectivity index (χ3n) is 7.02. The molecular weight excluding hydrogens is 459 g/mol. The maximum atomic E-state index is 14.0. The summed E-state index contributed by atoms with van der Waals surface area (Å²) < 4.78 is 42.7. The summed E-state index contributed by atoms with van der Waals surface area (Å²) in [5.41, 5.74) is 1.55. The molecule has 0 aliphatic carbocycles. The molecule has 2 saturated heterocycles. The Morgan fingerprint density at radius 2 is 1.56 bits per heavy atom. The first-order chi connectivity index (χ1) is 16.4. The largest absolute Gasteiger partial charge is 0.342 e. The van der Waals surface area contributed by atoms with Gasteiger partial charge in [0.2, 0.25) is 15.9 Å². The quantitative estimate of drug-likeness (QED) is 0.614. The number of amides is 1. The molecule has 2 aliphatic heterocycles. The first-order valence-electron chi connectivity index (χ1n) is 11.6. The Kier molecular flexibility index (Phi) is 6.03. The van der Waals surface area contributed by atoms with E-state index in [1.54, 1.807) is 4.57 Å². The molecule has 1 aromatic heterocycles. The minimum absolute atomic E-state index is 0.0282. The van der Waals surface area contributed by atoms with Crippen molar-refractivity contribution in [1.82, 2.24) is 18.8 Å². The van der Waals surface area contributed by atoms with E-state index in [4.69, 9.17) is 0 Å². The summed E-state index contributed by atoms with van der Waals surface area (Å²) in [5.74, 6) is -0.982. The van der Waals surface area contributed by atoms with E-state index in [2.05, 4.69) is 4.98 Å². The number of carbonyl (C=O) groups is 1. The summed E-state index contributed by atoms with van der Waals surface area (Å²) in [6.45, 7) is 1.49. The van der Waals surface area contributed by atoms with Crippen molar-refractivity contribution in [1.29, 1.82) is 0 Å². The van der Waals surface area contributed by atoms with Crippen LogP contribution in [0.3, 0.4) is 0 Å². The number of nitrogens with zero attached hydrogens (tertiary/aromatic N) is 3. The molecule has 0 spiro atoms. The Morgan fingerprint density at radius 1 is 0.912 bits per heavy atom. The fraction of sp³-hybridized carbons (Fsp3) is 0.417. The number of rotatable bonds is 4. The lowest BCUT2D eigenvalue weighted by atomic mass is 9.94. The summed E-state index contributed by atoms with van der Waals surface area (Å²) in [6, 6.07) is 13.0. The highest BCUT2D eigenvalue weighted by atomic mass is 32.2. The molecule has 2 aromatic carbocycles. The lowest BCUT2D eigenvalue weighted by molar-refractivity contribution is -0.138. The van der Waals surface area contributed by atoms with E-state index in [0.29, 0.717) is 38.8 Å². The van der Waals surface area contributed by atoms with Gasteiger partial charge in [0.25, 0.3) is 0 Å². The predicted molar refractivity (Wildman–Crippen MR) is 125 cm³/mol. The maximum Gasteiger partial charge on any atom is 0.326 e. The average Bonchev–Trinajstić information content (AvgIpc) is 3.19. The van der Waals surface area contributed by atoms with Gasteiger partial charge in [-0.3, -0.25) is 9.36 Å². The number of hydrogen-bond acceptors (Lipinski definition) is 4. The minimum atomic E-state index is -3.92. The van der Waals surface area contributed by atoms with Gasteiger partial charge in [0, 0.05) is 38.1 Å². The summed E-state index contributed by atoms with van der Waals surface area (Å²) in [7, 11) is -3.92. The van der Waals surface area contributed by atoms with Crippen LogP contribution in [0, 0.1) is 11.7 Å². The van der Waals surface area contributed by atoms with Gasteiger partial charge in [-0.15, -0.1) is 0 Å². The van der Waals surface area contributed by atoms with Crippen LogP contribution in [0.2, 0.25) is 0 Å². The molecule has 0 radical (unpaired) electrons. The van der Waals surface area contributed by atoms with Crippen LogP contribution in [0.5, 0.6) is 0 Å². The second-order valence-corrected chi connectivity index (χ2v) is 10.9. The van der Waals surface area contributed by atoms with Crippen molar-refractivity contribution >= 4 is 27.0 Å². The van der Waals surface area contributed by atoms with Crippen molar-refractivity contribution in [3.63, 3.8) is 0 Å². The number of H-pyrrole nitrogens is 1. The summed E-state index contributed by atoms with van der Waals surface area (Å²) >= 11 is 0. The van der Waals surface area contributed by atoms with Crippen LogP contribution < -0.4 is 5.69 Å². The van der Waals surface area contributed by atoms with E-state index in [0.717, 1.165) is 17.1 Å². The Morgan fingerprint density at radius 3 is 2.26 bits per heavy atom. The second kappa shape index (κ2) is 8.99. The normalized spacial score (nSPS) is 19.0. The van der Waals surface area contributed by atoms with Crippen LogP contribution in [0.4, 0.5) is 4.39 Å². The van der Waals surface area contributed by atoms with Crippen LogP contribution in [0.15, 0.2) is 58.2 Å². The fourth-order valence-corrected chi connectivity index (χ4v) is 6.71. The average molecular weight is 487 g/mol. The third-order valence-corrected chi connectivity index (χ3v) is 8.95. The number of imidazole rings is 1. The highest BCUT2D eigenvalue weighted by Gasteiger charge is 2.36. The predicted octanol–water partition coefficient (Wildman–Crippen LogP) is 2.73. The molecule has 0 unspecified atom stereocenters. The van der Waals surface area contributed by atoms with Crippen LogP contribution in [-0.4, -0.2) is 59.3 Å². The van der Waals surface area contributed by atoms with E-state index in [1.165, 1.54) is 22.5 Å². The fourth-order valence-electron chi connectivity index (χ4n) is 5.18. The number of nitrogens with one attached hydrogen (secondary N) is 1. The number of hydrogen-bond donors (Lipinski definition) is 1. The van der Waals surface area contributed by atoms with Gasteiger partial charge in [0.05, 0.1) is 11.0 Å². The lowest BCUT2D eigenvalue weighted by Gasteiger charge is -2.37. The molecule has 0 saturated carbocycles. The molecule has 2 fully saturated rings. The van der Waals surface area contributed by atoms with Gasteiger partial charge in [-0.1, -0.05) is 24.3 Å². The van der Waals surface area contributed by atoms with Crippen molar-refractivity contribution in [3.05, 3.63) is 64.8 Å². The zero-order chi connectivity index (χ0) is 23.9. The minimum Gasteiger partial charge on any atom is -0.342 e. The SMILES string of the molecule is O=C(C1CCN(S(=O)(=O)c2ccccc2F)CC1)N1CCC(n2c(=O)[nH]c3ccccc32)CC1. The molecule has 1 amide bonds. The van der Waals surface area contributed by atoms with Gasteiger partial charge in [-0.05, 0) is 49.9 Å². The molecule has 34 heavy (non-hydrogen) atoms. The Labute approximate surface area is 197 Å². The Hall–Kier alpha value is -2.98. The van der Waals surface area contributed by atoms with E-state index in [9.17, 15) is 22.4 Å². The molecule has 3 aromatic rings. The van der Waals surface area contributed by atoms with E-state index in [-0.39, 0.29) is 41.5 Å². The first-order valence-corrected chi connectivity index (χ1v) is 13.0. The van der Waals surface area contributed by atoms with E-state index in [1.807, 2.05) is 29.2 Å². The Bertz CT molecular complexity index is 1370. The molecule has 5 rings (SSSR count). The van der Waals surface area contributed by atoms with Gasteiger partial charge in [-0.2, -0.15) is 4.31 Å². The number of para-hydroxylation sites is 2. The zero-order valence-corrected chi connectivity index (χ0v) is 19.5. The number of benzene rings is 2. The third kappa shape index (κ3) is 4.05. The van der Waals surface area contributed by atoms with Crippen LogP contribution in [0.1, 0.15) is 31.7 Å². The molecule has 0 atom stereocenters. The first kappa shape index (κ1) is 22.8. The topological polar surface area (TPSA) is 95.5 Å². The molecule has 10 heteroatoms. The number of carbonyl (C=O) groups excluding carboxylic acids is 1. The number of aromatic nitrogens is 2. The standard InChI is InChI=1S/C24H27FN4O4S/c25-19-5-1-4-8-22(19)34(32,33)28-15-9-17(10-16-28)23(30)27-13-11-18(12-14-27)29-21-7-3-2-6-20(21)26-24(29)31/h1-8,17-18H,9-16H2,(H,26,31). The van der Waals surface area contributed by atoms with Gasteiger partial charge in [0.1, 0.15) is 10.7 Å². The maximum absolute atomic E-state index is 14.0. The molecule has 180 valence electrons. The molecule has 3 heterocycles. The summed E-state index contributed by atoms with van der Waals surface area (Å²) in [5, 5.41) is 0. The van der Waals surface area contributed by atoms with Gasteiger partial charge < -0.3 is 9.88 Å². The Balaban J connectivity index is 1.20. The number of aromatic amines is 1. The monoisotopic (exact) mass is 486 g/mol. The van der Waals surface area contributed by atoms with Crippen LogP contribution in [-0.2, 0) is 14.8 Å². The lowest BCUT2D eigenvalue weighted by Crippen LogP contribution is -2.47. The van der Waals surface area contributed by atoms with Crippen molar-refractivity contribution in [2.75, 3.05) is 26.2 Å². The van der Waals surface area contributed by atoms with Crippen molar-refractivity contribution < 1.29 is 17.6 Å². The van der Waals surface area contributed by atoms with Crippen molar-refractivity contribution in [2.45, 2.75) is 36.6 Å². The summed E-state index contributed by atoms with van der Waals surface area (Å²) in [6.07, 6.45) is 2.20. The molecular formula is C24H27FN4O4S. The van der Waals surface area contributed by atoms with E-state index < -0.39 is 15.8 Å². The zero-order valence-electron chi connectivity index (χ0n) is 18.7. The van der Waals surface area contributed by atoms with Gasteiger partial charge in [0.15, 0.2) is 0 Å². The number of likely N-dealkylation sites (tertiary alicyclic amines) is 1. The number of piperidine rings is 2. The van der Waals surface area contributed by atoms with Gasteiger partial charge >= 0.3 is 5.69 Å². The highest BCUT2D eigenvalue weighted by Crippen LogP contribution is 2.29. The summed E-state index contributed by atoms with van der Waals surface area (Å²) in [4.78, 5) is 30.0.